The molecule has 0 saturated carbocycles. The van der Waals surface area contributed by atoms with Crippen LogP contribution in [0.15, 0.2) is 24.3 Å². The minimum Gasteiger partial charge on any atom is -0.462 e. The van der Waals surface area contributed by atoms with E-state index in [2.05, 4.69) is 13.2 Å². The van der Waals surface area contributed by atoms with Crippen LogP contribution in [0.2, 0.25) is 0 Å². The van der Waals surface area contributed by atoms with Crippen molar-refractivity contribution in [2.45, 2.75) is 32.3 Å². The summed E-state index contributed by atoms with van der Waals surface area (Å²) in [5.41, 5.74) is 0.823. The highest BCUT2D eigenvalue weighted by Crippen LogP contribution is 2.28. The zero-order valence-corrected chi connectivity index (χ0v) is 11.5. The summed E-state index contributed by atoms with van der Waals surface area (Å²) in [6, 6.07) is 0. The molecule has 2 saturated heterocycles. The van der Waals surface area contributed by atoms with Crippen LogP contribution < -0.4 is 0 Å². The molecule has 2 rings (SSSR count). The third-order valence-corrected chi connectivity index (χ3v) is 3.82. The first-order valence-corrected chi connectivity index (χ1v) is 6.66. The highest BCUT2D eigenvalue weighted by Gasteiger charge is 2.34. The molecule has 2 aliphatic rings. The second kappa shape index (κ2) is 5.61. The molecule has 5 heteroatoms. The zero-order valence-electron chi connectivity index (χ0n) is 11.5. The van der Waals surface area contributed by atoms with Gasteiger partial charge in [0, 0.05) is 35.8 Å². The molecule has 5 nitrogen and oxygen atoms in total. The highest BCUT2D eigenvalue weighted by molar-refractivity contribution is 5.92. The van der Waals surface area contributed by atoms with Gasteiger partial charge in [-0.1, -0.05) is 20.1 Å². The van der Waals surface area contributed by atoms with Gasteiger partial charge in [-0.3, -0.25) is 4.79 Å². The maximum atomic E-state index is 12.1. The van der Waals surface area contributed by atoms with E-state index in [1.165, 1.54) is 0 Å². The molecule has 0 radical (unpaired) electrons. The molecule has 0 N–H and O–H groups in total. The normalized spacial score (nSPS) is 27.4. The molecule has 0 aliphatic carbocycles. The summed E-state index contributed by atoms with van der Waals surface area (Å²) in [4.78, 5) is 34.5. The number of Topliss-reactive ketones (excluding diaryl/α,β-unsaturated/α-hetero) is 1. The Balaban J connectivity index is 1.84. The SMILES string of the molecule is C=C1C[C@H](C[C@H](C)C(=O)C[C@H]2COC(=O)C2=C)OC1=O. The van der Waals surface area contributed by atoms with E-state index in [0.717, 1.165) is 0 Å². The summed E-state index contributed by atoms with van der Waals surface area (Å²) < 4.78 is 9.96. The number of rotatable bonds is 5. The van der Waals surface area contributed by atoms with E-state index in [9.17, 15) is 14.4 Å². The fraction of sp³-hybridized carbons (Fsp3) is 0.533. The van der Waals surface area contributed by atoms with Crippen molar-refractivity contribution >= 4 is 17.7 Å². The van der Waals surface area contributed by atoms with Gasteiger partial charge in [0.15, 0.2) is 0 Å². The molecule has 0 aromatic carbocycles. The smallest absolute Gasteiger partial charge is 0.333 e. The average Bonchev–Trinajstić information content (AvgIpc) is 2.86. The van der Waals surface area contributed by atoms with E-state index >= 15 is 0 Å². The molecular formula is C15H18O5. The van der Waals surface area contributed by atoms with Crippen LogP contribution in [0, 0.1) is 11.8 Å². The number of cyclic esters (lactones) is 2. The van der Waals surface area contributed by atoms with Crippen molar-refractivity contribution < 1.29 is 23.9 Å². The van der Waals surface area contributed by atoms with E-state index < -0.39 is 5.97 Å². The Morgan fingerprint density at radius 2 is 2.05 bits per heavy atom. The Hall–Kier alpha value is -1.91. The maximum absolute atomic E-state index is 12.1. The number of carbonyl (C=O) groups excluding carboxylic acids is 3. The van der Waals surface area contributed by atoms with Crippen molar-refractivity contribution in [3.05, 3.63) is 24.3 Å². The van der Waals surface area contributed by atoms with Gasteiger partial charge < -0.3 is 9.47 Å². The number of carbonyl (C=O) groups is 3. The van der Waals surface area contributed by atoms with Crippen LogP contribution in [0.25, 0.3) is 0 Å². The lowest BCUT2D eigenvalue weighted by Crippen LogP contribution is -2.21. The topological polar surface area (TPSA) is 69.7 Å². The van der Waals surface area contributed by atoms with Crippen LogP contribution in [0.5, 0.6) is 0 Å². The molecule has 0 amide bonds. The second-order valence-electron chi connectivity index (χ2n) is 5.46. The summed E-state index contributed by atoms with van der Waals surface area (Å²) >= 11 is 0. The Morgan fingerprint density at radius 1 is 1.35 bits per heavy atom. The van der Waals surface area contributed by atoms with Crippen molar-refractivity contribution in [1.82, 2.24) is 0 Å². The van der Waals surface area contributed by atoms with Crippen LogP contribution in [-0.2, 0) is 23.9 Å². The highest BCUT2D eigenvalue weighted by atomic mass is 16.6. The Labute approximate surface area is 117 Å². The molecule has 108 valence electrons. The van der Waals surface area contributed by atoms with E-state index in [0.29, 0.717) is 24.0 Å². The molecule has 0 aromatic rings. The fourth-order valence-electron chi connectivity index (χ4n) is 2.45. The van der Waals surface area contributed by atoms with Gasteiger partial charge in [-0.05, 0) is 6.42 Å². The van der Waals surface area contributed by atoms with Gasteiger partial charge in [-0.2, -0.15) is 0 Å². The van der Waals surface area contributed by atoms with E-state index in [1.54, 1.807) is 6.92 Å². The van der Waals surface area contributed by atoms with Gasteiger partial charge in [0.1, 0.15) is 11.9 Å². The maximum Gasteiger partial charge on any atom is 0.333 e. The Bertz CT molecular complexity index is 474. The van der Waals surface area contributed by atoms with Crippen LogP contribution in [0.4, 0.5) is 0 Å². The minimum atomic E-state index is -0.420. The molecule has 20 heavy (non-hydrogen) atoms. The van der Waals surface area contributed by atoms with Gasteiger partial charge in [0.25, 0.3) is 0 Å². The van der Waals surface area contributed by atoms with Crippen molar-refractivity contribution in [2.24, 2.45) is 11.8 Å². The van der Waals surface area contributed by atoms with E-state index in [4.69, 9.17) is 9.47 Å². The van der Waals surface area contributed by atoms with Gasteiger partial charge in [-0.15, -0.1) is 0 Å². The molecule has 2 aliphatic heterocycles. The van der Waals surface area contributed by atoms with Crippen molar-refractivity contribution in [3.8, 4) is 0 Å². The summed E-state index contributed by atoms with van der Waals surface area (Å²) in [5, 5.41) is 0. The standard InChI is InChI=1S/C15H18O5/c1-8(4-12-5-9(2)14(17)20-12)13(16)6-11-7-19-15(18)10(11)3/h8,11-12H,2-7H2,1H3/t8-,11-,12-/m0/s1. The number of ketones is 1. The van der Waals surface area contributed by atoms with Crippen LogP contribution in [0.1, 0.15) is 26.2 Å². The first kappa shape index (κ1) is 14.5. The second-order valence-corrected chi connectivity index (χ2v) is 5.46. The molecule has 0 unspecified atom stereocenters. The monoisotopic (exact) mass is 278 g/mol. The third-order valence-electron chi connectivity index (χ3n) is 3.82. The summed E-state index contributed by atoms with van der Waals surface area (Å²) in [6.07, 6.45) is 0.942. The summed E-state index contributed by atoms with van der Waals surface area (Å²) in [6.45, 7) is 9.29. The lowest BCUT2D eigenvalue weighted by molar-refractivity contribution is -0.140. The molecule has 2 heterocycles. The Kier molecular flexibility index (Phi) is 4.06. The minimum absolute atomic E-state index is 0.0306. The molecule has 3 atom stereocenters. The van der Waals surface area contributed by atoms with Crippen molar-refractivity contribution in [2.75, 3.05) is 6.61 Å². The number of hydrogen-bond donors (Lipinski definition) is 0. The van der Waals surface area contributed by atoms with Gasteiger partial charge in [0.05, 0.1) is 6.61 Å². The Morgan fingerprint density at radius 3 is 2.55 bits per heavy atom. The first-order valence-electron chi connectivity index (χ1n) is 6.66. The van der Waals surface area contributed by atoms with Crippen LogP contribution >= 0.6 is 0 Å². The van der Waals surface area contributed by atoms with Crippen molar-refractivity contribution in [3.63, 3.8) is 0 Å². The summed E-state index contributed by atoms with van der Waals surface area (Å²) in [5.74, 6) is -1.22. The molecule has 0 aromatic heterocycles. The lowest BCUT2D eigenvalue weighted by atomic mass is 9.89. The fourth-order valence-corrected chi connectivity index (χ4v) is 2.45. The largest absolute Gasteiger partial charge is 0.462 e. The molecule has 2 fully saturated rings. The van der Waals surface area contributed by atoms with Gasteiger partial charge in [-0.25, -0.2) is 9.59 Å². The van der Waals surface area contributed by atoms with Crippen molar-refractivity contribution in [1.29, 1.82) is 0 Å². The zero-order chi connectivity index (χ0) is 14.9. The number of esters is 2. The molecular weight excluding hydrogens is 260 g/mol. The third kappa shape index (κ3) is 2.98. The first-order chi connectivity index (χ1) is 9.38. The predicted molar refractivity (Wildman–Crippen MR) is 70.6 cm³/mol. The van der Waals surface area contributed by atoms with E-state index in [-0.39, 0.29) is 42.7 Å². The van der Waals surface area contributed by atoms with Gasteiger partial charge >= 0.3 is 11.9 Å². The van der Waals surface area contributed by atoms with E-state index in [1.807, 2.05) is 0 Å². The molecule has 0 spiro atoms. The predicted octanol–water partition coefficient (Wildman–Crippen LogP) is 1.57. The number of hydrogen-bond acceptors (Lipinski definition) is 5. The molecule has 0 bridgehead atoms. The van der Waals surface area contributed by atoms with Crippen LogP contribution in [0.3, 0.4) is 0 Å². The van der Waals surface area contributed by atoms with Gasteiger partial charge in [0.2, 0.25) is 0 Å². The summed E-state index contributed by atoms with van der Waals surface area (Å²) in [7, 11) is 0. The lowest BCUT2D eigenvalue weighted by Gasteiger charge is -2.16. The average molecular weight is 278 g/mol. The number of ether oxygens (including phenoxy) is 2. The van der Waals surface area contributed by atoms with Crippen LogP contribution in [-0.4, -0.2) is 30.4 Å². The quantitative estimate of drug-likeness (QED) is 0.564.